The van der Waals surface area contributed by atoms with E-state index < -0.39 is 0 Å². The number of benzene rings is 1. The Labute approximate surface area is 94.6 Å². The van der Waals surface area contributed by atoms with Gasteiger partial charge < -0.3 is 9.47 Å². The highest BCUT2D eigenvalue weighted by Crippen LogP contribution is 2.46. The number of hydrogen-bond acceptors (Lipinski definition) is 3. The third-order valence-corrected chi connectivity index (χ3v) is 3.59. The zero-order chi connectivity index (χ0) is 11.2. The summed E-state index contributed by atoms with van der Waals surface area (Å²) in [7, 11) is 0. The summed E-state index contributed by atoms with van der Waals surface area (Å²) in [5.41, 5.74) is 1.92. The summed E-state index contributed by atoms with van der Waals surface area (Å²) in [6.07, 6.45) is 2.95. The highest BCUT2D eigenvalue weighted by atomic mass is 16.7. The summed E-state index contributed by atoms with van der Waals surface area (Å²) < 4.78 is 10.9. The van der Waals surface area contributed by atoms with Crippen molar-refractivity contribution in [1.82, 2.24) is 0 Å². The smallest absolute Gasteiger partial charge is 0.231 e. The van der Waals surface area contributed by atoms with Crippen LogP contribution >= 0.6 is 0 Å². The quantitative estimate of drug-likeness (QED) is 0.667. The lowest BCUT2D eigenvalue weighted by molar-refractivity contribution is 0.173. The second-order valence-corrected chi connectivity index (χ2v) is 4.62. The number of ether oxygens (including phenoxy) is 2. The Morgan fingerprint density at radius 3 is 3.06 bits per heavy atom. The van der Waals surface area contributed by atoms with E-state index in [1.54, 1.807) is 0 Å². The fraction of sp³-hybridized carbons (Fsp3) is 0.462. The second kappa shape index (κ2) is 3.15. The van der Waals surface area contributed by atoms with Crippen LogP contribution in [0.2, 0.25) is 0 Å². The van der Waals surface area contributed by atoms with Crippen LogP contribution in [-0.4, -0.2) is 6.79 Å². The maximum absolute atomic E-state index is 9.32. The molecule has 0 aromatic heterocycles. The molecule has 1 atom stereocenters. The zero-order valence-corrected chi connectivity index (χ0v) is 9.25. The summed E-state index contributed by atoms with van der Waals surface area (Å²) in [6, 6.07) is 6.37. The summed E-state index contributed by atoms with van der Waals surface area (Å²) in [5.74, 6) is 1.68. The van der Waals surface area contributed by atoms with Crippen molar-refractivity contribution in [2.75, 3.05) is 6.79 Å². The maximum Gasteiger partial charge on any atom is 0.231 e. The van der Waals surface area contributed by atoms with Gasteiger partial charge in [0.25, 0.3) is 0 Å². The van der Waals surface area contributed by atoms with Gasteiger partial charge in [0.15, 0.2) is 11.5 Å². The molecule has 0 saturated heterocycles. The number of hydrogen-bond donors (Lipinski definition) is 0. The van der Waals surface area contributed by atoms with E-state index in [1.165, 1.54) is 5.56 Å². The third-order valence-electron chi connectivity index (χ3n) is 3.59. The van der Waals surface area contributed by atoms with Crippen molar-refractivity contribution in [1.29, 1.82) is 5.26 Å². The Morgan fingerprint density at radius 1 is 1.38 bits per heavy atom. The fourth-order valence-corrected chi connectivity index (χ4v) is 2.66. The highest BCUT2D eigenvalue weighted by molar-refractivity contribution is 5.56. The molecule has 2 aliphatic rings. The lowest BCUT2D eigenvalue weighted by Crippen LogP contribution is -2.25. The Kier molecular flexibility index (Phi) is 1.88. The van der Waals surface area contributed by atoms with Gasteiger partial charge in [-0.3, -0.25) is 0 Å². The van der Waals surface area contributed by atoms with E-state index in [2.05, 4.69) is 6.07 Å². The van der Waals surface area contributed by atoms with Gasteiger partial charge in [0, 0.05) is 5.56 Å². The molecule has 0 amide bonds. The number of fused-ring (bicyclic) bond motifs is 3. The predicted octanol–water partition coefficient (Wildman–Crippen LogP) is 2.53. The van der Waals surface area contributed by atoms with Crippen LogP contribution in [-0.2, 0) is 11.8 Å². The van der Waals surface area contributed by atoms with Crippen molar-refractivity contribution in [3.05, 3.63) is 23.3 Å². The van der Waals surface area contributed by atoms with Gasteiger partial charge in [-0.1, -0.05) is 6.07 Å². The van der Waals surface area contributed by atoms with Crippen molar-refractivity contribution >= 4 is 0 Å². The molecule has 1 aliphatic heterocycles. The minimum Gasteiger partial charge on any atom is -0.454 e. The highest BCUT2D eigenvalue weighted by Gasteiger charge is 2.35. The van der Waals surface area contributed by atoms with Crippen LogP contribution in [0.1, 0.15) is 30.9 Å². The van der Waals surface area contributed by atoms with Gasteiger partial charge in [-0.2, -0.15) is 5.26 Å². The van der Waals surface area contributed by atoms with Crippen LogP contribution in [0.25, 0.3) is 0 Å². The van der Waals surface area contributed by atoms with Crippen LogP contribution in [0, 0.1) is 11.3 Å². The molecule has 0 bridgehead atoms. The van der Waals surface area contributed by atoms with Crippen LogP contribution in [0.5, 0.6) is 11.5 Å². The summed E-state index contributed by atoms with van der Waals surface area (Å²) in [4.78, 5) is 0. The molecule has 16 heavy (non-hydrogen) atoms. The molecule has 1 heterocycles. The van der Waals surface area contributed by atoms with Gasteiger partial charge >= 0.3 is 0 Å². The molecule has 0 spiro atoms. The molecule has 1 aromatic rings. The molecule has 3 nitrogen and oxygen atoms in total. The summed E-state index contributed by atoms with van der Waals surface area (Å²) in [6.45, 7) is 2.31. The largest absolute Gasteiger partial charge is 0.454 e. The van der Waals surface area contributed by atoms with Crippen LogP contribution in [0.15, 0.2) is 12.1 Å². The van der Waals surface area contributed by atoms with E-state index in [1.807, 2.05) is 19.1 Å². The molecule has 82 valence electrons. The van der Waals surface area contributed by atoms with Crippen molar-refractivity contribution in [2.24, 2.45) is 0 Å². The first-order chi connectivity index (χ1) is 7.74. The molecule has 0 N–H and O–H groups in total. The number of nitriles is 1. The van der Waals surface area contributed by atoms with Gasteiger partial charge in [0.05, 0.1) is 11.5 Å². The zero-order valence-electron chi connectivity index (χ0n) is 9.25. The number of rotatable bonds is 0. The Bertz CT molecular complexity index is 489. The molecular formula is C13H13NO2. The molecule has 1 aliphatic carbocycles. The van der Waals surface area contributed by atoms with E-state index in [0.29, 0.717) is 6.79 Å². The predicted molar refractivity (Wildman–Crippen MR) is 58.5 cm³/mol. The molecule has 0 unspecified atom stereocenters. The van der Waals surface area contributed by atoms with Gasteiger partial charge in [0.1, 0.15) is 0 Å². The van der Waals surface area contributed by atoms with Crippen molar-refractivity contribution in [2.45, 2.75) is 31.6 Å². The average molecular weight is 215 g/mol. The Morgan fingerprint density at radius 2 is 2.25 bits per heavy atom. The summed E-state index contributed by atoms with van der Waals surface area (Å²) >= 11 is 0. The molecule has 0 fully saturated rings. The van der Waals surface area contributed by atoms with Crippen LogP contribution in [0.4, 0.5) is 0 Å². The monoisotopic (exact) mass is 215 g/mol. The third kappa shape index (κ3) is 1.13. The van der Waals surface area contributed by atoms with E-state index in [4.69, 9.17) is 9.47 Å². The van der Waals surface area contributed by atoms with Gasteiger partial charge in [0.2, 0.25) is 6.79 Å². The minimum atomic E-state index is -0.367. The fourth-order valence-electron chi connectivity index (χ4n) is 2.66. The molecule has 3 rings (SSSR count). The second-order valence-electron chi connectivity index (χ2n) is 4.62. The van der Waals surface area contributed by atoms with Crippen molar-refractivity contribution in [3.8, 4) is 17.6 Å². The first-order valence-electron chi connectivity index (χ1n) is 5.58. The first kappa shape index (κ1) is 9.53. The number of nitrogens with zero attached hydrogens (tertiary/aromatic N) is 1. The van der Waals surface area contributed by atoms with E-state index in [0.717, 1.165) is 36.3 Å². The van der Waals surface area contributed by atoms with Gasteiger partial charge in [-0.25, -0.2) is 0 Å². The molecule has 1 aromatic carbocycles. The molecule has 3 heteroatoms. The van der Waals surface area contributed by atoms with Gasteiger partial charge in [-0.05, 0) is 37.8 Å². The lowest BCUT2D eigenvalue weighted by Gasteiger charge is -2.30. The minimum absolute atomic E-state index is 0.301. The van der Waals surface area contributed by atoms with E-state index >= 15 is 0 Å². The standard InChI is InChI=1S/C13H13NO2/c1-13(7-14)6-2-3-9-10(13)4-5-11-12(9)16-8-15-11/h4-5H,2-3,6,8H2,1H3/t13-/m0/s1. The van der Waals surface area contributed by atoms with Crippen molar-refractivity contribution < 1.29 is 9.47 Å². The topological polar surface area (TPSA) is 42.2 Å². The van der Waals surface area contributed by atoms with Crippen LogP contribution < -0.4 is 9.47 Å². The summed E-state index contributed by atoms with van der Waals surface area (Å²) in [5, 5.41) is 9.32. The first-order valence-corrected chi connectivity index (χ1v) is 5.58. The van der Waals surface area contributed by atoms with Crippen LogP contribution in [0.3, 0.4) is 0 Å². The lowest BCUT2D eigenvalue weighted by atomic mass is 9.72. The SMILES string of the molecule is C[C@@]1(C#N)CCCc2c1ccc1c2OCO1. The Hall–Kier alpha value is -1.69. The maximum atomic E-state index is 9.32. The van der Waals surface area contributed by atoms with Crippen molar-refractivity contribution in [3.63, 3.8) is 0 Å². The average Bonchev–Trinajstić information content (AvgIpc) is 2.78. The van der Waals surface area contributed by atoms with E-state index in [-0.39, 0.29) is 5.41 Å². The van der Waals surface area contributed by atoms with Gasteiger partial charge in [-0.15, -0.1) is 0 Å². The molecule has 0 radical (unpaired) electrons. The molecule has 0 saturated carbocycles. The van der Waals surface area contributed by atoms with E-state index in [9.17, 15) is 5.26 Å². The normalized spacial score (nSPS) is 26.0. The Balaban J connectivity index is 2.22. The molecular weight excluding hydrogens is 202 g/mol.